The summed E-state index contributed by atoms with van der Waals surface area (Å²) in [4.78, 5) is 9.92. The normalized spacial score (nSPS) is 9.83. The summed E-state index contributed by atoms with van der Waals surface area (Å²) in [5.41, 5.74) is 13.3. The van der Waals surface area contributed by atoms with E-state index in [0.717, 1.165) is 37.8 Å². The maximum Gasteiger partial charge on any atom is 0.269 e. The smallest absolute Gasteiger partial charge is 0.269 e. The van der Waals surface area contributed by atoms with Gasteiger partial charge in [0.1, 0.15) is 0 Å². The average Bonchev–Trinajstić information content (AvgIpc) is 2.60. The maximum absolute atomic E-state index is 10.3. The molecule has 0 radical (unpaired) electrons. The van der Waals surface area contributed by atoms with Crippen LogP contribution in [-0.2, 0) is 12.8 Å². The number of hydrogen-bond donors (Lipinski definition) is 2. The van der Waals surface area contributed by atoms with Gasteiger partial charge in [0.2, 0.25) is 0 Å². The minimum Gasteiger partial charge on any atom is -0.330 e. The van der Waals surface area contributed by atoms with Crippen LogP contribution in [0.25, 0.3) is 0 Å². The molecule has 0 amide bonds. The summed E-state index contributed by atoms with van der Waals surface area (Å²) < 4.78 is 0. The molecule has 5 nitrogen and oxygen atoms in total. The monoisotopic (exact) mass is 315 g/mol. The van der Waals surface area contributed by atoms with Crippen molar-refractivity contribution < 1.29 is 4.92 Å². The Morgan fingerprint density at radius 1 is 0.783 bits per heavy atom. The number of nitrogens with two attached hydrogens (primary N) is 2. The molecule has 0 unspecified atom stereocenters. The summed E-state index contributed by atoms with van der Waals surface area (Å²) in [6.07, 6.45) is 3.99. The van der Waals surface area contributed by atoms with Crippen LogP contribution in [0.2, 0.25) is 0 Å². The van der Waals surface area contributed by atoms with E-state index in [1.807, 2.05) is 6.07 Å². The third kappa shape index (κ3) is 8.09. The Morgan fingerprint density at radius 3 is 1.70 bits per heavy atom. The van der Waals surface area contributed by atoms with Crippen molar-refractivity contribution in [3.63, 3.8) is 0 Å². The molecule has 4 N–H and O–H groups in total. The highest BCUT2D eigenvalue weighted by atomic mass is 16.6. The van der Waals surface area contributed by atoms with Gasteiger partial charge in [-0.25, -0.2) is 0 Å². The number of non-ortho nitro benzene ring substituents is 1. The molecule has 124 valence electrons. The quantitative estimate of drug-likeness (QED) is 0.606. The Hall–Kier alpha value is -2.24. The zero-order chi connectivity index (χ0) is 16.9. The van der Waals surface area contributed by atoms with E-state index in [1.54, 1.807) is 12.1 Å². The average molecular weight is 315 g/mol. The Bertz CT molecular complexity index is 556. The highest BCUT2D eigenvalue weighted by Gasteiger charge is 2.02. The van der Waals surface area contributed by atoms with E-state index in [0.29, 0.717) is 6.54 Å². The molecule has 0 fully saturated rings. The highest BCUT2D eigenvalue weighted by molar-refractivity contribution is 5.32. The zero-order valence-electron chi connectivity index (χ0n) is 13.4. The molecule has 0 aromatic heterocycles. The first-order chi connectivity index (χ1) is 11.2. The molecule has 0 aliphatic heterocycles. The summed E-state index contributed by atoms with van der Waals surface area (Å²) >= 11 is 0. The lowest BCUT2D eigenvalue weighted by atomic mass is 10.1. The lowest BCUT2D eigenvalue weighted by Crippen LogP contribution is -2.00. The Labute approximate surface area is 137 Å². The van der Waals surface area contributed by atoms with Gasteiger partial charge in [0, 0.05) is 12.1 Å². The molecule has 0 aliphatic carbocycles. The second-order valence-electron chi connectivity index (χ2n) is 5.19. The van der Waals surface area contributed by atoms with Crippen molar-refractivity contribution in [3.05, 3.63) is 75.8 Å². The fourth-order valence-corrected chi connectivity index (χ4v) is 2.04. The van der Waals surface area contributed by atoms with Crippen molar-refractivity contribution in [3.8, 4) is 0 Å². The molecule has 2 rings (SSSR count). The lowest BCUT2D eigenvalue weighted by molar-refractivity contribution is -0.384. The molecule has 0 saturated heterocycles. The summed E-state index contributed by atoms with van der Waals surface area (Å²) in [6.45, 7) is 1.44. The van der Waals surface area contributed by atoms with Crippen molar-refractivity contribution in [1.29, 1.82) is 0 Å². The predicted octanol–water partition coefficient (Wildman–Crippen LogP) is 3.06. The van der Waals surface area contributed by atoms with E-state index in [4.69, 9.17) is 11.5 Å². The molecule has 2 aromatic carbocycles. The van der Waals surface area contributed by atoms with Crippen LogP contribution in [0.4, 0.5) is 5.69 Å². The molecular formula is C18H25N3O2. The number of nitro groups is 1. The Morgan fingerprint density at radius 2 is 1.26 bits per heavy atom. The number of rotatable bonds is 7. The maximum atomic E-state index is 10.3. The molecule has 0 aliphatic rings. The van der Waals surface area contributed by atoms with Gasteiger partial charge in [-0.05, 0) is 49.9 Å². The molecule has 0 atom stereocenters. The number of aryl methyl sites for hydroxylation is 2. The fourth-order valence-electron chi connectivity index (χ4n) is 2.04. The van der Waals surface area contributed by atoms with Gasteiger partial charge in [-0.3, -0.25) is 10.1 Å². The molecular weight excluding hydrogens is 290 g/mol. The summed E-state index contributed by atoms with van der Waals surface area (Å²) in [5, 5.41) is 10.3. The Kier molecular flexibility index (Phi) is 9.28. The van der Waals surface area contributed by atoms with Crippen LogP contribution in [0.5, 0.6) is 0 Å². The summed E-state index contributed by atoms with van der Waals surface area (Å²) in [7, 11) is 0. The standard InChI is InChI=1S/C9H12N2O2.C9H13N/c10-7-1-2-8-3-5-9(6-4-8)11(12)13;10-8-4-7-9-5-2-1-3-6-9/h3-6H,1-2,7,10H2;1-3,5-6H,4,7-8,10H2. The largest absolute Gasteiger partial charge is 0.330 e. The van der Waals surface area contributed by atoms with Gasteiger partial charge in [0.15, 0.2) is 0 Å². The van der Waals surface area contributed by atoms with Gasteiger partial charge >= 0.3 is 0 Å². The molecule has 0 saturated carbocycles. The van der Waals surface area contributed by atoms with E-state index in [9.17, 15) is 10.1 Å². The van der Waals surface area contributed by atoms with Crippen LogP contribution in [0.3, 0.4) is 0 Å². The fraction of sp³-hybridized carbons (Fsp3) is 0.333. The zero-order valence-corrected chi connectivity index (χ0v) is 13.4. The van der Waals surface area contributed by atoms with Gasteiger partial charge in [-0.2, -0.15) is 0 Å². The van der Waals surface area contributed by atoms with Crippen molar-refractivity contribution in [2.45, 2.75) is 25.7 Å². The van der Waals surface area contributed by atoms with Gasteiger partial charge < -0.3 is 11.5 Å². The second kappa shape index (κ2) is 11.3. The van der Waals surface area contributed by atoms with Gasteiger partial charge in [-0.1, -0.05) is 42.5 Å². The summed E-state index contributed by atoms with van der Waals surface area (Å²) in [6, 6.07) is 17.0. The van der Waals surface area contributed by atoms with Crippen molar-refractivity contribution in [1.82, 2.24) is 0 Å². The van der Waals surface area contributed by atoms with Crippen LogP contribution in [0.1, 0.15) is 24.0 Å². The molecule has 0 bridgehead atoms. The minimum absolute atomic E-state index is 0.136. The van der Waals surface area contributed by atoms with Gasteiger partial charge in [-0.15, -0.1) is 0 Å². The van der Waals surface area contributed by atoms with Crippen LogP contribution in [0.15, 0.2) is 54.6 Å². The molecule has 5 heteroatoms. The molecule has 23 heavy (non-hydrogen) atoms. The van der Waals surface area contributed by atoms with Gasteiger partial charge in [0.25, 0.3) is 5.69 Å². The van der Waals surface area contributed by atoms with Crippen LogP contribution < -0.4 is 11.5 Å². The lowest BCUT2D eigenvalue weighted by Gasteiger charge is -1.98. The van der Waals surface area contributed by atoms with Crippen LogP contribution in [0, 0.1) is 10.1 Å². The van der Waals surface area contributed by atoms with E-state index in [-0.39, 0.29) is 5.69 Å². The third-order valence-electron chi connectivity index (χ3n) is 3.33. The van der Waals surface area contributed by atoms with E-state index < -0.39 is 4.92 Å². The number of hydrogen-bond acceptors (Lipinski definition) is 4. The Balaban J connectivity index is 0.000000238. The van der Waals surface area contributed by atoms with Crippen LogP contribution in [-0.4, -0.2) is 18.0 Å². The molecule has 0 spiro atoms. The first-order valence-corrected chi connectivity index (χ1v) is 7.84. The van der Waals surface area contributed by atoms with E-state index >= 15 is 0 Å². The summed E-state index contributed by atoms with van der Waals surface area (Å²) in [5.74, 6) is 0. The highest BCUT2D eigenvalue weighted by Crippen LogP contribution is 2.12. The number of nitro benzene ring substituents is 1. The van der Waals surface area contributed by atoms with Crippen molar-refractivity contribution in [2.75, 3.05) is 13.1 Å². The SMILES string of the molecule is NCCCc1ccc([N+](=O)[O-])cc1.NCCCc1ccccc1. The van der Waals surface area contributed by atoms with E-state index in [1.165, 1.54) is 17.7 Å². The van der Waals surface area contributed by atoms with Crippen molar-refractivity contribution in [2.24, 2.45) is 11.5 Å². The molecule has 0 heterocycles. The molecule has 2 aromatic rings. The topological polar surface area (TPSA) is 95.2 Å². The predicted molar refractivity (Wildman–Crippen MR) is 94.3 cm³/mol. The first-order valence-electron chi connectivity index (χ1n) is 7.84. The minimum atomic E-state index is -0.396. The van der Waals surface area contributed by atoms with E-state index in [2.05, 4.69) is 24.3 Å². The second-order valence-corrected chi connectivity index (χ2v) is 5.19. The number of benzene rings is 2. The number of nitrogens with zero attached hydrogens (tertiary/aromatic N) is 1. The third-order valence-corrected chi connectivity index (χ3v) is 3.33. The van der Waals surface area contributed by atoms with Crippen molar-refractivity contribution >= 4 is 5.69 Å². The first kappa shape index (κ1) is 18.8. The van der Waals surface area contributed by atoms with Gasteiger partial charge in [0.05, 0.1) is 4.92 Å². The van der Waals surface area contributed by atoms with Crippen LogP contribution >= 0.6 is 0 Å².